The minimum atomic E-state index is -0.112. The van der Waals surface area contributed by atoms with Crippen molar-refractivity contribution in [1.82, 2.24) is 15.1 Å². The van der Waals surface area contributed by atoms with Crippen molar-refractivity contribution in [1.29, 1.82) is 5.26 Å². The molecule has 1 unspecified atom stereocenters. The number of amides is 1. The van der Waals surface area contributed by atoms with E-state index in [0.717, 1.165) is 43.2 Å². The van der Waals surface area contributed by atoms with Gasteiger partial charge in [-0.05, 0) is 57.1 Å². The number of allylic oxidation sites excluding steroid dienone is 5. The first-order valence-electron chi connectivity index (χ1n) is 11.8. The summed E-state index contributed by atoms with van der Waals surface area (Å²) in [6.45, 7) is 7.19. The molecule has 1 fully saturated rings. The van der Waals surface area contributed by atoms with Gasteiger partial charge in [-0.25, -0.2) is 4.99 Å². The maximum atomic E-state index is 13.8. The van der Waals surface area contributed by atoms with Crippen LogP contribution in [0.1, 0.15) is 46.0 Å². The highest BCUT2D eigenvalue weighted by Gasteiger charge is 2.30. The van der Waals surface area contributed by atoms with Gasteiger partial charge in [0.05, 0.1) is 29.8 Å². The number of hydrogen-bond donors (Lipinski definition) is 1. The average molecular weight is 432 g/mol. The second-order valence-electron chi connectivity index (χ2n) is 9.09. The second-order valence-corrected chi connectivity index (χ2v) is 9.09. The Labute approximate surface area is 191 Å². The van der Waals surface area contributed by atoms with Gasteiger partial charge in [0, 0.05) is 25.7 Å². The minimum absolute atomic E-state index is 0.0308. The minimum Gasteiger partial charge on any atom is -0.352 e. The Morgan fingerprint density at radius 3 is 2.72 bits per heavy atom. The number of likely N-dealkylation sites (tertiary alicyclic amines) is 1. The molecular weight excluding hydrogens is 398 g/mol. The zero-order chi connectivity index (χ0) is 22.5. The van der Waals surface area contributed by atoms with Gasteiger partial charge in [0.1, 0.15) is 0 Å². The molecule has 2 aliphatic heterocycles. The van der Waals surface area contributed by atoms with Crippen molar-refractivity contribution in [2.45, 2.75) is 52.0 Å². The average Bonchev–Trinajstić information content (AvgIpc) is 3.37. The Bertz CT molecular complexity index is 967. The number of hydrogen-bond acceptors (Lipinski definition) is 5. The molecule has 1 amide bonds. The van der Waals surface area contributed by atoms with Gasteiger partial charge in [0.2, 0.25) is 0 Å². The molecule has 0 radical (unpaired) electrons. The molecule has 2 heterocycles. The van der Waals surface area contributed by atoms with Crippen LogP contribution in [0.4, 0.5) is 0 Å². The standard InChI is InChI=1S/C26H33N5O/c1-19(2)31(18-21-8-4-3-5-9-21)25(32)23-17-28-26(30-14-6-7-15-30)29-24(23)22-12-10-20(16-27)11-13-22/h4,8-10,12-13,19-20H,3,5-7,11,14-15,17-18H2,1-2H3,(H,28,29). The van der Waals surface area contributed by atoms with Crippen LogP contribution in [0.15, 0.2) is 63.9 Å². The van der Waals surface area contributed by atoms with Gasteiger partial charge in [0.25, 0.3) is 5.91 Å². The molecule has 4 aliphatic rings. The van der Waals surface area contributed by atoms with Crippen LogP contribution >= 0.6 is 0 Å². The summed E-state index contributed by atoms with van der Waals surface area (Å²) in [4.78, 5) is 23.0. The van der Waals surface area contributed by atoms with Crippen molar-refractivity contribution in [3.05, 3.63) is 58.9 Å². The molecule has 6 heteroatoms. The molecule has 32 heavy (non-hydrogen) atoms. The van der Waals surface area contributed by atoms with Crippen LogP contribution in [-0.4, -0.2) is 53.9 Å². The molecule has 0 aromatic carbocycles. The van der Waals surface area contributed by atoms with Crippen molar-refractivity contribution in [2.24, 2.45) is 10.9 Å². The van der Waals surface area contributed by atoms with E-state index in [0.29, 0.717) is 25.1 Å². The van der Waals surface area contributed by atoms with Crippen molar-refractivity contribution in [2.75, 3.05) is 26.2 Å². The van der Waals surface area contributed by atoms with Crippen LogP contribution in [0, 0.1) is 17.2 Å². The Morgan fingerprint density at radius 2 is 2.09 bits per heavy atom. The Hall–Kier alpha value is -3.07. The van der Waals surface area contributed by atoms with Crippen LogP contribution in [0.2, 0.25) is 0 Å². The smallest absolute Gasteiger partial charge is 0.254 e. The number of guanidine groups is 1. The van der Waals surface area contributed by atoms with Crippen LogP contribution in [0.3, 0.4) is 0 Å². The van der Waals surface area contributed by atoms with Gasteiger partial charge in [-0.3, -0.25) is 4.79 Å². The first-order chi connectivity index (χ1) is 15.6. The second kappa shape index (κ2) is 10.0. The molecule has 1 atom stereocenters. The zero-order valence-corrected chi connectivity index (χ0v) is 19.2. The third-order valence-corrected chi connectivity index (χ3v) is 6.44. The molecule has 0 bridgehead atoms. The summed E-state index contributed by atoms with van der Waals surface area (Å²) in [6.07, 6.45) is 17.6. The molecule has 0 saturated carbocycles. The number of nitriles is 1. The number of aliphatic imine (C=N–C) groups is 1. The van der Waals surface area contributed by atoms with E-state index in [1.165, 1.54) is 18.4 Å². The molecule has 4 rings (SSSR count). The molecule has 2 aliphatic carbocycles. The van der Waals surface area contributed by atoms with Crippen LogP contribution in [0.5, 0.6) is 0 Å². The van der Waals surface area contributed by atoms with Gasteiger partial charge in [0.15, 0.2) is 5.96 Å². The summed E-state index contributed by atoms with van der Waals surface area (Å²) in [5, 5.41) is 12.7. The zero-order valence-electron chi connectivity index (χ0n) is 19.2. The van der Waals surface area contributed by atoms with Crippen molar-refractivity contribution in [3.8, 4) is 6.07 Å². The predicted molar refractivity (Wildman–Crippen MR) is 128 cm³/mol. The monoisotopic (exact) mass is 431 g/mol. The third kappa shape index (κ3) is 4.88. The largest absolute Gasteiger partial charge is 0.352 e. The predicted octanol–water partition coefficient (Wildman–Crippen LogP) is 3.83. The lowest BCUT2D eigenvalue weighted by atomic mass is 9.94. The van der Waals surface area contributed by atoms with E-state index in [1.807, 2.05) is 17.1 Å². The Balaban J connectivity index is 1.68. The summed E-state index contributed by atoms with van der Waals surface area (Å²) in [5.74, 6) is 0.780. The lowest BCUT2D eigenvalue weighted by Gasteiger charge is -2.32. The fraction of sp³-hybridized carbons (Fsp3) is 0.500. The normalized spacial score (nSPS) is 22.9. The molecule has 0 aromatic rings. The SMILES string of the molecule is CC(C)N(CC1=CCCC=C1)C(=O)C1=C(C2=CCC(C#N)C=C2)N=C(N2CCCC2)NC1. The topological polar surface area (TPSA) is 71.7 Å². The molecule has 0 aromatic heterocycles. The number of nitrogens with one attached hydrogen (secondary N) is 1. The Morgan fingerprint density at radius 1 is 1.28 bits per heavy atom. The number of rotatable bonds is 5. The van der Waals surface area contributed by atoms with E-state index in [2.05, 4.69) is 54.4 Å². The molecule has 168 valence electrons. The van der Waals surface area contributed by atoms with Gasteiger partial charge in [-0.2, -0.15) is 5.26 Å². The molecule has 6 nitrogen and oxygen atoms in total. The number of carbonyl (C=O) groups is 1. The molecule has 1 saturated heterocycles. The van der Waals surface area contributed by atoms with Crippen molar-refractivity contribution >= 4 is 11.9 Å². The molecule has 1 N–H and O–H groups in total. The molecule has 0 spiro atoms. The summed E-state index contributed by atoms with van der Waals surface area (Å²) in [6, 6.07) is 2.38. The highest BCUT2D eigenvalue weighted by Crippen LogP contribution is 2.28. The summed E-state index contributed by atoms with van der Waals surface area (Å²) >= 11 is 0. The Kier molecular flexibility index (Phi) is 6.94. The maximum Gasteiger partial charge on any atom is 0.254 e. The summed E-state index contributed by atoms with van der Waals surface area (Å²) < 4.78 is 0. The van der Waals surface area contributed by atoms with E-state index in [9.17, 15) is 10.1 Å². The summed E-state index contributed by atoms with van der Waals surface area (Å²) in [7, 11) is 0. The third-order valence-electron chi connectivity index (χ3n) is 6.44. The van der Waals surface area contributed by atoms with Crippen molar-refractivity contribution in [3.63, 3.8) is 0 Å². The van der Waals surface area contributed by atoms with E-state index < -0.39 is 0 Å². The van der Waals surface area contributed by atoms with E-state index in [-0.39, 0.29) is 17.9 Å². The van der Waals surface area contributed by atoms with Gasteiger partial charge in [-0.15, -0.1) is 0 Å². The first-order valence-corrected chi connectivity index (χ1v) is 11.8. The lowest BCUT2D eigenvalue weighted by molar-refractivity contribution is -0.128. The summed E-state index contributed by atoms with van der Waals surface area (Å²) in [5.41, 5.74) is 3.59. The van der Waals surface area contributed by atoms with E-state index in [4.69, 9.17) is 4.99 Å². The van der Waals surface area contributed by atoms with Gasteiger partial charge < -0.3 is 15.1 Å². The highest BCUT2D eigenvalue weighted by molar-refractivity contribution is 5.99. The quantitative estimate of drug-likeness (QED) is 0.718. The van der Waals surface area contributed by atoms with E-state index >= 15 is 0 Å². The lowest BCUT2D eigenvalue weighted by Crippen LogP contribution is -2.47. The molecular formula is C26H33N5O. The van der Waals surface area contributed by atoms with Gasteiger partial charge >= 0.3 is 0 Å². The highest BCUT2D eigenvalue weighted by atomic mass is 16.2. The van der Waals surface area contributed by atoms with Crippen molar-refractivity contribution < 1.29 is 4.79 Å². The maximum absolute atomic E-state index is 13.8. The van der Waals surface area contributed by atoms with Crippen LogP contribution < -0.4 is 5.32 Å². The number of nitrogens with zero attached hydrogens (tertiary/aromatic N) is 4. The van der Waals surface area contributed by atoms with Crippen LogP contribution in [-0.2, 0) is 4.79 Å². The van der Waals surface area contributed by atoms with Crippen LogP contribution in [0.25, 0.3) is 0 Å². The first kappa shape index (κ1) is 22.1. The fourth-order valence-corrected chi connectivity index (χ4v) is 4.53. The van der Waals surface area contributed by atoms with E-state index in [1.54, 1.807) is 0 Å². The number of carbonyl (C=O) groups excluding carboxylic acids is 1. The fourth-order valence-electron chi connectivity index (χ4n) is 4.53. The van der Waals surface area contributed by atoms with Gasteiger partial charge in [-0.1, -0.05) is 36.5 Å².